The van der Waals surface area contributed by atoms with E-state index in [0.29, 0.717) is 17.3 Å². The Morgan fingerprint density at radius 2 is 2.14 bits per heavy atom. The number of carbonyl (C=O) groups excluding carboxylic acids is 1. The summed E-state index contributed by atoms with van der Waals surface area (Å²) >= 11 is 0. The molecule has 0 bridgehead atoms. The van der Waals surface area contributed by atoms with Gasteiger partial charge < -0.3 is 9.42 Å². The van der Waals surface area contributed by atoms with E-state index in [-0.39, 0.29) is 12.5 Å². The van der Waals surface area contributed by atoms with Gasteiger partial charge in [-0.1, -0.05) is 5.16 Å². The molecule has 0 fully saturated rings. The highest BCUT2D eigenvalue weighted by molar-refractivity contribution is 5.93. The van der Waals surface area contributed by atoms with E-state index in [1.807, 2.05) is 6.07 Å². The Hall–Kier alpha value is -3.16. The van der Waals surface area contributed by atoms with Crippen molar-refractivity contribution in [2.24, 2.45) is 0 Å². The standard InChI is InChI=1S/C14H12N6O2/c1-20(14(21)11-4-6-16-17-8-11)9-12-18-13(19-22-12)10-3-2-5-15-7-10/h2-8H,9H2,1H3. The summed E-state index contributed by atoms with van der Waals surface area (Å²) in [6, 6.07) is 5.22. The topological polar surface area (TPSA) is 97.9 Å². The molecule has 110 valence electrons. The van der Waals surface area contributed by atoms with Gasteiger partial charge in [0.15, 0.2) is 0 Å². The van der Waals surface area contributed by atoms with Gasteiger partial charge in [0.1, 0.15) is 0 Å². The van der Waals surface area contributed by atoms with E-state index in [0.717, 1.165) is 5.56 Å². The van der Waals surface area contributed by atoms with Gasteiger partial charge in [-0.05, 0) is 18.2 Å². The van der Waals surface area contributed by atoms with E-state index < -0.39 is 0 Å². The Morgan fingerprint density at radius 1 is 1.23 bits per heavy atom. The molecule has 3 rings (SSSR count). The van der Waals surface area contributed by atoms with E-state index in [2.05, 4.69) is 25.3 Å². The molecule has 0 aromatic carbocycles. The molecule has 0 radical (unpaired) electrons. The summed E-state index contributed by atoms with van der Waals surface area (Å²) in [4.78, 5) is 21.9. The van der Waals surface area contributed by atoms with E-state index in [9.17, 15) is 4.79 Å². The van der Waals surface area contributed by atoms with Gasteiger partial charge in [-0.15, -0.1) is 0 Å². The van der Waals surface area contributed by atoms with E-state index >= 15 is 0 Å². The van der Waals surface area contributed by atoms with Crippen molar-refractivity contribution in [3.63, 3.8) is 0 Å². The lowest BCUT2D eigenvalue weighted by Crippen LogP contribution is -2.26. The number of nitrogens with zero attached hydrogens (tertiary/aromatic N) is 6. The van der Waals surface area contributed by atoms with Crippen LogP contribution in [0.1, 0.15) is 16.2 Å². The first kappa shape index (κ1) is 13.8. The van der Waals surface area contributed by atoms with Gasteiger partial charge >= 0.3 is 0 Å². The van der Waals surface area contributed by atoms with Gasteiger partial charge in [-0.3, -0.25) is 9.78 Å². The third-order valence-corrected chi connectivity index (χ3v) is 2.94. The second-order valence-electron chi connectivity index (χ2n) is 4.55. The molecule has 3 heterocycles. The van der Waals surface area contributed by atoms with E-state index in [1.54, 1.807) is 31.6 Å². The summed E-state index contributed by atoms with van der Waals surface area (Å²) in [6.07, 6.45) is 6.19. The maximum atomic E-state index is 12.2. The van der Waals surface area contributed by atoms with Crippen LogP contribution < -0.4 is 0 Å². The maximum Gasteiger partial charge on any atom is 0.255 e. The van der Waals surface area contributed by atoms with Crippen LogP contribution in [0.3, 0.4) is 0 Å². The summed E-state index contributed by atoms with van der Waals surface area (Å²) in [5.74, 6) is 0.585. The summed E-state index contributed by atoms with van der Waals surface area (Å²) in [6.45, 7) is 0.203. The van der Waals surface area contributed by atoms with Crippen LogP contribution in [-0.2, 0) is 6.54 Å². The van der Waals surface area contributed by atoms with Gasteiger partial charge in [0.05, 0.1) is 24.5 Å². The maximum absolute atomic E-state index is 12.2. The monoisotopic (exact) mass is 296 g/mol. The average Bonchev–Trinajstić information content (AvgIpc) is 3.04. The first-order chi connectivity index (χ1) is 10.7. The molecular weight excluding hydrogens is 284 g/mol. The normalized spacial score (nSPS) is 10.4. The largest absolute Gasteiger partial charge is 0.337 e. The molecule has 3 aromatic heterocycles. The molecule has 22 heavy (non-hydrogen) atoms. The number of rotatable bonds is 4. The molecular formula is C14H12N6O2. The first-order valence-corrected chi connectivity index (χ1v) is 6.49. The third kappa shape index (κ3) is 2.95. The van der Waals surface area contributed by atoms with Crippen LogP contribution >= 0.6 is 0 Å². The molecule has 1 amide bonds. The fourth-order valence-electron chi connectivity index (χ4n) is 1.84. The lowest BCUT2D eigenvalue weighted by Gasteiger charge is -2.13. The lowest BCUT2D eigenvalue weighted by atomic mass is 10.2. The fourth-order valence-corrected chi connectivity index (χ4v) is 1.84. The lowest BCUT2D eigenvalue weighted by molar-refractivity contribution is 0.0769. The van der Waals surface area contributed by atoms with Crippen LogP contribution in [0.4, 0.5) is 0 Å². The Kier molecular flexibility index (Phi) is 3.82. The molecule has 3 aromatic rings. The Bertz CT molecular complexity index is 759. The zero-order valence-corrected chi connectivity index (χ0v) is 11.7. The highest BCUT2D eigenvalue weighted by Gasteiger charge is 2.16. The molecule has 0 unspecified atom stereocenters. The van der Waals surface area contributed by atoms with Gasteiger partial charge in [0, 0.05) is 25.0 Å². The predicted octanol–water partition coefficient (Wildman–Crippen LogP) is 1.19. The number of carbonyl (C=O) groups is 1. The summed E-state index contributed by atoms with van der Waals surface area (Å²) in [5, 5.41) is 11.2. The minimum atomic E-state index is -0.198. The minimum Gasteiger partial charge on any atom is -0.337 e. The highest BCUT2D eigenvalue weighted by atomic mass is 16.5. The van der Waals surface area contributed by atoms with Crippen LogP contribution in [0.25, 0.3) is 11.4 Å². The smallest absolute Gasteiger partial charge is 0.255 e. The number of amides is 1. The van der Waals surface area contributed by atoms with Gasteiger partial charge in [0.25, 0.3) is 5.91 Å². The van der Waals surface area contributed by atoms with Crippen molar-refractivity contribution in [2.45, 2.75) is 6.54 Å². The average molecular weight is 296 g/mol. The second kappa shape index (κ2) is 6.08. The zero-order chi connectivity index (χ0) is 15.4. The summed E-state index contributed by atoms with van der Waals surface area (Å²) in [5.41, 5.74) is 1.20. The van der Waals surface area contributed by atoms with Crippen LogP contribution in [0.2, 0.25) is 0 Å². The Morgan fingerprint density at radius 3 is 2.86 bits per heavy atom. The molecule has 0 saturated heterocycles. The molecule has 0 N–H and O–H groups in total. The molecule has 0 spiro atoms. The van der Waals surface area contributed by atoms with Crippen molar-refractivity contribution in [1.29, 1.82) is 0 Å². The van der Waals surface area contributed by atoms with Gasteiger partial charge in [-0.2, -0.15) is 15.2 Å². The second-order valence-corrected chi connectivity index (χ2v) is 4.55. The van der Waals surface area contributed by atoms with Gasteiger partial charge in [-0.25, -0.2) is 0 Å². The zero-order valence-electron chi connectivity index (χ0n) is 11.7. The molecule has 0 aliphatic heterocycles. The van der Waals surface area contributed by atoms with Crippen LogP contribution in [-0.4, -0.2) is 43.2 Å². The van der Waals surface area contributed by atoms with Crippen LogP contribution in [0.15, 0.2) is 47.5 Å². The third-order valence-electron chi connectivity index (χ3n) is 2.94. The quantitative estimate of drug-likeness (QED) is 0.713. The molecule has 0 aliphatic rings. The van der Waals surface area contributed by atoms with Crippen molar-refractivity contribution in [1.82, 2.24) is 30.2 Å². The van der Waals surface area contributed by atoms with Crippen molar-refractivity contribution >= 4 is 5.91 Å². The van der Waals surface area contributed by atoms with Crippen molar-refractivity contribution in [3.8, 4) is 11.4 Å². The van der Waals surface area contributed by atoms with Crippen molar-refractivity contribution < 1.29 is 9.32 Å². The SMILES string of the molecule is CN(Cc1nc(-c2cccnc2)no1)C(=O)c1ccnnc1. The van der Waals surface area contributed by atoms with Crippen molar-refractivity contribution in [2.75, 3.05) is 7.05 Å². The summed E-state index contributed by atoms with van der Waals surface area (Å²) < 4.78 is 5.17. The molecule has 8 nitrogen and oxygen atoms in total. The van der Waals surface area contributed by atoms with Gasteiger partial charge in [0.2, 0.25) is 11.7 Å². The minimum absolute atomic E-state index is 0.198. The number of hydrogen-bond acceptors (Lipinski definition) is 7. The number of aromatic nitrogens is 5. The Balaban J connectivity index is 1.71. The highest BCUT2D eigenvalue weighted by Crippen LogP contribution is 2.14. The summed E-state index contributed by atoms with van der Waals surface area (Å²) in [7, 11) is 1.65. The Labute approximate surface area is 125 Å². The number of hydrogen-bond donors (Lipinski definition) is 0. The molecule has 0 aliphatic carbocycles. The molecule has 0 saturated carbocycles. The van der Waals surface area contributed by atoms with E-state index in [4.69, 9.17) is 4.52 Å². The van der Waals surface area contributed by atoms with Crippen LogP contribution in [0.5, 0.6) is 0 Å². The fraction of sp³-hybridized carbons (Fsp3) is 0.143. The first-order valence-electron chi connectivity index (χ1n) is 6.49. The predicted molar refractivity (Wildman–Crippen MR) is 75.4 cm³/mol. The van der Waals surface area contributed by atoms with E-state index in [1.165, 1.54) is 17.3 Å². The number of pyridine rings is 1. The van der Waals surface area contributed by atoms with Crippen LogP contribution in [0, 0.1) is 0 Å². The van der Waals surface area contributed by atoms with Crippen molar-refractivity contribution in [3.05, 3.63) is 54.4 Å². The molecule has 0 atom stereocenters. The molecule has 8 heteroatoms.